The van der Waals surface area contributed by atoms with Gasteiger partial charge in [-0.1, -0.05) is 0 Å². The number of hydrogen-bond donors (Lipinski definition) is 0. The van der Waals surface area contributed by atoms with Gasteiger partial charge in [0.05, 0.1) is 16.7 Å². The Morgan fingerprint density at radius 1 is 1.33 bits per heavy atom. The van der Waals surface area contributed by atoms with Crippen molar-refractivity contribution in [3.63, 3.8) is 0 Å². The number of nitro benzene ring substituents is 1. The standard InChI is InChI=1S/C12H16FN3O2/c1-14(2)11-8-10(15-5-3-4-6-15)9(13)7-12(11)16(17)18/h7-8H,3-6H2,1-2H3. The molecule has 1 aromatic rings. The Labute approximate surface area is 105 Å². The van der Waals surface area contributed by atoms with Crippen LogP contribution in [0.3, 0.4) is 0 Å². The van der Waals surface area contributed by atoms with Gasteiger partial charge in [-0.25, -0.2) is 4.39 Å². The van der Waals surface area contributed by atoms with Crippen LogP contribution in [-0.4, -0.2) is 32.1 Å². The van der Waals surface area contributed by atoms with Crippen LogP contribution in [0.15, 0.2) is 12.1 Å². The lowest BCUT2D eigenvalue weighted by Gasteiger charge is -2.21. The highest BCUT2D eigenvalue weighted by atomic mass is 19.1. The zero-order chi connectivity index (χ0) is 13.3. The maximum absolute atomic E-state index is 13.9. The van der Waals surface area contributed by atoms with Crippen LogP contribution in [0.1, 0.15) is 12.8 Å². The van der Waals surface area contributed by atoms with Gasteiger partial charge in [-0.2, -0.15) is 0 Å². The summed E-state index contributed by atoms with van der Waals surface area (Å²) < 4.78 is 13.9. The summed E-state index contributed by atoms with van der Waals surface area (Å²) in [6.45, 7) is 1.61. The zero-order valence-corrected chi connectivity index (χ0v) is 10.5. The molecule has 0 unspecified atom stereocenters. The van der Waals surface area contributed by atoms with E-state index in [-0.39, 0.29) is 5.69 Å². The molecular formula is C12H16FN3O2. The SMILES string of the molecule is CN(C)c1cc(N2CCCC2)c(F)cc1[N+](=O)[O-]. The molecule has 0 spiro atoms. The first kappa shape index (κ1) is 12.6. The van der Waals surface area contributed by atoms with Crippen molar-refractivity contribution in [3.8, 4) is 0 Å². The number of nitrogens with zero attached hydrogens (tertiary/aromatic N) is 3. The fourth-order valence-electron chi connectivity index (χ4n) is 2.25. The summed E-state index contributed by atoms with van der Waals surface area (Å²) >= 11 is 0. The number of anilines is 2. The summed E-state index contributed by atoms with van der Waals surface area (Å²) in [4.78, 5) is 13.9. The van der Waals surface area contributed by atoms with Crippen molar-refractivity contribution in [3.05, 3.63) is 28.1 Å². The smallest absolute Gasteiger partial charge is 0.295 e. The molecule has 1 heterocycles. The van der Waals surface area contributed by atoms with E-state index >= 15 is 0 Å². The molecule has 0 aliphatic carbocycles. The maximum atomic E-state index is 13.9. The van der Waals surface area contributed by atoms with E-state index in [2.05, 4.69) is 0 Å². The molecule has 0 atom stereocenters. The molecule has 5 nitrogen and oxygen atoms in total. The lowest BCUT2D eigenvalue weighted by molar-refractivity contribution is -0.384. The summed E-state index contributed by atoms with van der Waals surface area (Å²) in [5.41, 5.74) is 0.700. The van der Waals surface area contributed by atoms with Crippen LogP contribution in [0.5, 0.6) is 0 Å². The molecule has 0 saturated carbocycles. The van der Waals surface area contributed by atoms with Gasteiger partial charge in [-0.3, -0.25) is 10.1 Å². The highest BCUT2D eigenvalue weighted by Gasteiger charge is 2.23. The average Bonchev–Trinajstić information content (AvgIpc) is 2.81. The Morgan fingerprint density at radius 2 is 1.94 bits per heavy atom. The largest absolute Gasteiger partial charge is 0.372 e. The average molecular weight is 253 g/mol. The minimum absolute atomic E-state index is 0.194. The van der Waals surface area contributed by atoms with Crippen LogP contribution in [-0.2, 0) is 0 Å². The fraction of sp³-hybridized carbons (Fsp3) is 0.500. The molecule has 0 bridgehead atoms. The van der Waals surface area contributed by atoms with Crippen molar-refractivity contribution in [1.29, 1.82) is 0 Å². The molecule has 1 fully saturated rings. The van der Waals surface area contributed by atoms with Crippen molar-refractivity contribution < 1.29 is 9.31 Å². The Balaban J connectivity index is 2.49. The second-order valence-electron chi connectivity index (χ2n) is 4.64. The third-order valence-electron chi connectivity index (χ3n) is 3.17. The normalized spacial score (nSPS) is 14.9. The quantitative estimate of drug-likeness (QED) is 0.613. The van der Waals surface area contributed by atoms with Gasteiger partial charge >= 0.3 is 0 Å². The van der Waals surface area contributed by atoms with Gasteiger partial charge in [-0.15, -0.1) is 0 Å². The van der Waals surface area contributed by atoms with Crippen LogP contribution >= 0.6 is 0 Å². The molecule has 0 radical (unpaired) electrons. The molecule has 1 aliphatic rings. The first-order valence-electron chi connectivity index (χ1n) is 5.91. The molecular weight excluding hydrogens is 237 g/mol. The highest BCUT2D eigenvalue weighted by Crippen LogP contribution is 2.35. The zero-order valence-electron chi connectivity index (χ0n) is 10.5. The third kappa shape index (κ3) is 2.23. The summed E-state index contributed by atoms with van der Waals surface area (Å²) in [5, 5.41) is 10.9. The summed E-state index contributed by atoms with van der Waals surface area (Å²) in [6.07, 6.45) is 2.07. The van der Waals surface area contributed by atoms with Crippen molar-refractivity contribution in [1.82, 2.24) is 0 Å². The van der Waals surface area contributed by atoms with Gasteiger partial charge in [0, 0.05) is 27.2 Å². The van der Waals surface area contributed by atoms with Crippen LogP contribution in [0.2, 0.25) is 0 Å². The number of nitro groups is 1. The van der Waals surface area contributed by atoms with Crippen molar-refractivity contribution in [2.24, 2.45) is 0 Å². The minimum atomic E-state index is -0.549. The molecule has 1 aliphatic heterocycles. The van der Waals surface area contributed by atoms with E-state index < -0.39 is 10.7 Å². The Kier molecular flexibility index (Phi) is 3.36. The fourth-order valence-corrected chi connectivity index (χ4v) is 2.25. The third-order valence-corrected chi connectivity index (χ3v) is 3.17. The van der Waals surface area contributed by atoms with Crippen molar-refractivity contribution >= 4 is 17.1 Å². The lowest BCUT2D eigenvalue weighted by atomic mass is 10.2. The van der Waals surface area contributed by atoms with Gasteiger partial charge in [0.1, 0.15) is 5.69 Å². The first-order chi connectivity index (χ1) is 8.50. The minimum Gasteiger partial charge on any atom is -0.372 e. The Hall–Kier alpha value is -1.85. The maximum Gasteiger partial charge on any atom is 0.295 e. The van der Waals surface area contributed by atoms with E-state index in [1.807, 2.05) is 4.90 Å². The number of hydrogen-bond acceptors (Lipinski definition) is 4. The molecule has 98 valence electrons. The van der Waals surface area contributed by atoms with Crippen molar-refractivity contribution in [2.45, 2.75) is 12.8 Å². The van der Waals surface area contributed by atoms with Crippen LogP contribution < -0.4 is 9.80 Å². The second kappa shape index (κ2) is 4.80. The summed E-state index contributed by atoms with van der Waals surface area (Å²) in [5.74, 6) is -0.519. The molecule has 0 amide bonds. The molecule has 1 aromatic carbocycles. The first-order valence-corrected chi connectivity index (χ1v) is 5.91. The van der Waals surface area contributed by atoms with E-state index in [0.29, 0.717) is 11.4 Å². The number of rotatable bonds is 3. The van der Waals surface area contributed by atoms with Crippen LogP contribution in [0.4, 0.5) is 21.5 Å². The van der Waals surface area contributed by atoms with Crippen LogP contribution in [0, 0.1) is 15.9 Å². The predicted octanol–water partition coefficient (Wildman–Crippen LogP) is 2.40. The van der Waals surface area contributed by atoms with Crippen molar-refractivity contribution in [2.75, 3.05) is 37.0 Å². The number of halogens is 1. The molecule has 6 heteroatoms. The summed E-state index contributed by atoms with van der Waals surface area (Å²) in [7, 11) is 3.43. The molecule has 1 saturated heterocycles. The Bertz CT molecular complexity index is 471. The van der Waals surface area contributed by atoms with Gasteiger partial charge in [0.25, 0.3) is 5.69 Å². The Morgan fingerprint density at radius 3 is 2.44 bits per heavy atom. The molecule has 18 heavy (non-hydrogen) atoms. The van der Waals surface area contributed by atoms with E-state index in [0.717, 1.165) is 32.0 Å². The predicted molar refractivity (Wildman–Crippen MR) is 68.8 cm³/mol. The summed E-state index contributed by atoms with van der Waals surface area (Å²) in [6, 6.07) is 2.59. The lowest BCUT2D eigenvalue weighted by Crippen LogP contribution is -2.20. The van der Waals surface area contributed by atoms with Gasteiger partial charge in [0.15, 0.2) is 5.82 Å². The molecule has 0 aromatic heterocycles. The second-order valence-corrected chi connectivity index (χ2v) is 4.64. The molecule has 2 rings (SSSR count). The van der Waals surface area contributed by atoms with Gasteiger partial charge in [-0.05, 0) is 18.9 Å². The molecule has 0 N–H and O–H groups in total. The van der Waals surface area contributed by atoms with E-state index in [4.69, 9.17) is 0 Å². The van der Waals surface area contributed by atoms with E-state index in [1.165, 1.54) is 0 Å². The van der Waals surface area contributed by atoms with E-state index in [9.17, 15) is 14.5 Å². The number of benzene rings is 1. The van der Waals surface area contributed by atoms with E-state index in [1.54, 1.807) is 25.1 Å². The van der Waals surface area contributed by atoms with Gasteiger partial charge < -0.3 is 9.80 Å². The van der Waals surface area contributed by atoms with Gasteiger partial charge in [0.2, 0.25) is 0 Å². The monoisotopic (exact) mass is 253 g/mol. The highest BCUT2D eigenvalue weighted by molar-refractivity contribution is 5.70. The van der Waals surface area contributed by atoms with Crippen LogP contribution in [0.25, 0.3) is 0 Å². The topological polar surface area (TPSA) is 49.6 Å².